The maximum absolute atomic E-state index is 5.94. The molecule has 3 heteroatoms. The maximum Gasteiger partial charge on any atom is 0.156 e. The molecule has 20 heavy (non-hydrogen) atoms. The van der Waals surface area contributed by atoms with Crippen LogP contribution in [-0.2, 0) is 6.61 Å². The summed E-state index contributed by atoms with van der Waals surface area (Å²) in [6.45, 7) is 0.494. The number of anilines is 1. The van der Waals surface area contributed by atoms with Gasteiger partial charge in [0.05, 0.1) is 10.2 Å². The van der Waals surface area contributed by atoms with Gasteiger partial charge in [-0.1, -0.05) is 48.5 Å². The summed E-state index contributed by atoms with van der Waals surface area (Å²) in [5.41, 5.74) is 7.73. The third-order valence-electron chi connectivity index (χ3n) is 3.25. The van der Waals surface area contributed by atoms with Crippen molar-refractivity contribution in [1.29, 1.82) is 0 Å². The highest BCUT2D eigenvalue weighted by Gasteiger charge is 2.07. The van der Waals surface area contributed by atoms with Crippen LogP contribution in [0.1, 0.15) is 5.56 Å². The van der Waals surface area contributed by atoms with Crippen molar-refractivity contribution in [2.45, 2.75) is 6.61 Å². The standard InChI is InChI=1S/C17H14BrNO/c18-15-9-4-10-16(19)17(15)20-11-13-7-3-6-12-5-1-2-8-14(12)13/h1-10H,11,19H2. The Morgan fingerprint density at radius 1 is 0.900 bits per heavy atom. The van der Waals surface area contributed by atoms with Gasteiger partial charge in [0.2, 0.25) is 0 Å². The van der Waals surface area contributed by atoms with E-state index in [9.17, 15) is 0 Å². The number of benzene rings is 3. The number of hydrogen-bond acceptors (Lipinski definition) is 2. The average molecular weight is 328 g/mol. The van der Waals surface area contributed by atoms with Crippen LogP contribution in [0.25, 0.3) is 10.8 Å². The van der Waals surface area contributed by atoms with Crippen LogP contribution in [0, 0.1) is 0 Å². The van der Waals surface area contributed by atoms with Gasteiger partial charge in [-0.05, 0) is 44.4 Å². The molecular formula is C17H14BrNO. The fraction of sp³-hybridized carbons (Fsp3) is 0.0588. The van der Waals surface area contributed by atoms with Gasteiger partial charge in [0.1, 0.15) is 6.61 Å². The summed E-state index contributed by atoms with van der Waals surface area (Å²) in [6, 6.07) is 20.2. The van der Waals surface area contributed by atoms with Crippen LogP contribution < -0.4 is 10.5 Å². The second kappa shape index (κ2) is 5.55. The Labute approximate surface area is 126 Å². The van der Waals surface area contributed by atoms with Crippen molar-refractivity contribution in [2.24, 2.45) is 0 Å². The van der Waals surface area contributed by atoms with E-state index < -0.39 is 0 Å². The van der Waals surface area contributed by atoms with Crippen LogP contribution in [-0.4, -0.2) is 0 Å². The van der Waals surface area contributed by atoms with Crippen LogP contribution in [0.5, 0.6) is 5.75 Å². The molecule has 3 aromatic rings. The highest BCUT2D eigenvalue weighted by atomic mass is 79.9. The molecule has 0 spiro atoms. The van der Waals surface area contributed by atoms with Gasteiger partial charge >= 0.3 is 0 Å². The van der Waals surface area contributed by atoms with E-state index in [1.165, 1.54) is 10.8 Å². The number of hydrogen-bond donors (Lipinski definition) is 1. The molecule has 0 aliphatic rings. The van der Waals surface area contributed by atoms with E-state index in [1.54, 1.807) is 0 Å². The van der Waals surface area contributed by atoms with Crippen molar-refractivity contribution >= 4 is 32.4 Å². The van der Waals surface area contributed by atoms with Crippen molar-refractivity contribution in [3.05, 3.63) is 70.7 Å². The first-order valence-corrected chi connectivity index (χ1v) is 7.18. The van der Waals surface area contributed by atoms with Crippen molar-refractivity contribution in [2.75, 3.05) is 5.73 Å². The first kappa shape index (κ1) is 13.0. The fourth-order valence-corrected chi connectivity index (χ4v) is 2.74. The summed E-state index contributed by atoms with van der Waals surface area (Å²) in [7, 11) is 0. The molecule has 100 valence electrons. The molecule has 0 saturated carbocycles. The van der Waals surface area contributed by atoms with Crippen molar-refractivity contribution < 1.29 is 4.74 Å². The minimum atomic E-state index is 0.494. The molecule has 2 N–H and O–H groups in total. The molecule has 0 amide bonds. The molecule has 2 nitrogen and oxygen atoms in total. The van der Waals surface area contributed by atoms with Gasteiger partial charge < -0.3 is 10.5 Å². The summed E-state index contributed by atoms with van der Waals surface area (Å²) in [5.74, 6) is 0.695. The van der Waals surface area contributed by atoms with Gasteiger partial charge in [0.15, 0.2) is 5.75 Å². The molecule has 0 unspecified atom stereocenters. The normalized spacial score (nSPS) is 10.7. The second-order valence-corrected chi connectivity index (χ2v) is 5.44. The highest BCUT2D eigenvalue weighted by Crippen LogP contribution is 2.32. The van der Waals surface area contributed by atoms with E-state index in [0.29, 0.717) is 18.0 Å². The first-order valence-electron chi connectivity index (χ1n) is 6.39. The minimum absolute atomic E-state index is 0.494. The number of ether oxygens (including phenoxy) is 1. The van der Waals surface area contributed by atoms with Gasteiger partial charge in [0.25, 0.3) is 0 Å². The Bertz CT molecular complexity index is 729. The third kappa shape index (κ3) is 2.49. The Hall–Kier alpha value is -2.00. The maximum atomic E-state index is 5.94. The molecule has 0 radical (unpaired) electrons. The lowest BCUT2D eigenvalue weighted by molar-refractivity contribution is 0.307. The molecule has 3 aromatic carbocycles. The van der Waals surface area contributed by atoms with E-state index in [1.807, 2.05) is 36.4 Å². The monoisotopic (exact) mass is 327 g/mol. The second-order valence-electron chi connectivity index (χ2n) is 4.59. The Balaban J connectivity index is 1.91. The van der Waals surface area contributed by atoms with Gasteiger partial charge in [0, 0.05) is 0 Å². The zero-order chi connectivity index (χ0) is 13.9. The number of halogens is 1. The molecule has 0 aromatic heterocycles. The van der Waals surface area contributed by atoms with Crippen LogP contribution in [0.3, 0.4) is 0 Å². The molecule has 0 aliphatic heterocycles. The Morgan fingerprint density at radius 3 is 2.50 bits per heavy atom. The number of nitrogen functional groups attached to an aromatic ring is 1. The Morgan fingerprint density at radius 2 is 1.65 bits per heavy atom. The summed E-state index contributed by atoms with van der Waals surface area (Å²) >= 11 is 3.47. The number of fused-ring (bicyclic) bond motifs is 1. The highest BCUT2D eigenvalue weighted by molar-refractivity contribution is 9.10. The van der Waals surface area contributed by atoms with E-state index in [2.05, 4.69) is 40.2 Å². The topological polar surface area (TPSA) is 35.2 Å². The molecule has 0 bridgehead atoms. The summed E-state index contributed by atoms with van der Waals surface area (Å²) < 4.78 is 6.76. The zero-order valence-corrected chi connectivity index (χ0v) is 12.4. The van der Waals surface area contributed by atoms with Crippen LogP contribution >= 0.6 is 15.9 Å². The summed E-state index contributed by atoms with van der Waals surface area (Å²) in [4.78, 5) is 0. The molecule has 0 aliphatic carbocycles. The first-order chi connectivity index (χ1) is 9.75. The molecule has 0 saturated heterocycles. The number of rotatable bonds is 3. The smallest absolute Gasteiger partial charge is 0.156 e. The van der Waals surface area contributed by atoms with E-state index >= 15 is 0 Å². The lowest BCUT2D eigenvalue weighted by Crippen LogP contribution is -2.00. The fourth-order valence-electron chi connectivity index (χ4n) is 2.25. The van der Waals surface area contributed by atoms with Gasteiger partial charge in [-0.15, -0.1) is 0 Å². The molecule has 0 fully saturated rings. The number of para-hydroxylation sites is 1. The van der Waals surface area contributed by atoms with Crippen molar-refractivity contribution in [3.8, 4) is 5.75 Å². The molecule has 0 atom stereocenters. The molecule has 3 rings (SSSR count). The molecular weight excluding hydrogens is 314 g/mol. The molecule has 0 heterocycles. The van der Waals surface area contributed by atoms with Gasteiger partial charge in [-0.3, -0.25) is 0 Å². The lowest BCUT2D eigenvalue weighted by atomic mass is 10.1. The van der Waals surface area contributed by atoms with Crippen molar-refractivity contribution in [3.63, 3.8) is 0 Å². The van der Waals surface area contributed by atoms with Crippen molar-refractivity contribution in [1.82, 2.24) is 0 Å². The van der Waals surface area contributed by atoms with E-state index in [-0.39, 0.29) is 0 Å². The third-order valence-corrected chi connectivity index (χ3v) is 3.87. The van der Waals surface area contributed by atoms with Crippen LogP contribution in [0.4, 0.5) is 5.69 Å². The van der Waals surface area contributed by atoms with Gasteiger partial charge in [-0.2, -0.15) is 0 Å². The SMILES string of the molecule is Nc1cccc(Br)c1OCc1cccc2ccccc12. The quantitative estimate of drug-likeness (QED) is 0.703. The average Bonchev–Trinajstić information content (AvgIpc) is 2.47. The van der Waals surface area contributed by atoms with Crippen LogP contribution in [0.15, 0.2) is 65.1 Å². The largest absolute Gasteiger partial charge is 0.486 e. The Kier molecular flexibility index (Phi) is 3.61. The zero-order valence-electron chi connectivity index (χ0n) is 10.8. The predicted octanol–water partition coefficient (Wildman–Crippen LogP) is 4.76. The lowest BCUT2D eigenvalue weighted by Gasteiger charge is -2.12. The van der Waals surface area contributed by atoms with E-state index in [4.69, 9.17) is 10.5 Å². The van der Waals surface area contributed by atoms with Gasteiger partial charge in [-0.25, -0.2) is 0 Å². The number of nitrogens with two attached hydrogens (primary N) is 1. The van der Waals surface area contributed by atoms with Crippen LogP contribution in [0.2, 0.25) is 0 Å². The van der Waals surface area contributed by atoms with E-state index in [0.717, 1.165) is 10.0 Å². The minimum Gasteiger partial charge on any atom is -0.486 e. The summed E-state index contributed by atoms with van der Waals surface area (Å²) in [6.07, 6.45) is 0. The summed E-state index contributed by atoms with van der Waals surface area (Å²) in [5, 5.41) is 2.43. The predicted molar refractivity (Wildman–Crippen MR) is 86.8 cm³/mol.